The van der Waals surface area contributed by atoms with E-state index in [1.54, 1.807) is 0 Å². The number of aromatic nitrogens is 4. The molecule has 4 aromatic rings. The van der Waals surface area contributed by atoms with Gasteiger partial charge < -0.3 is 9.88 Å². The first kappa shape index (κ1) is 18.8. The lowest BCUT2D eigenvalue weighted by Crippen LogP contribution is -2.42. The van der Waals surface area contributed by atoms with Crippen molar-refractivity contribution in [3.63, 3.8) is 0 Å². The molecule has 1 aliphatic carbocycles. The fourth-order valence-corrected chi connectivity index (χ4v) is 5.32. The molecule has 3 aromatic heterocycles. The van der Waals surface area contributed by atoms with Crippen LogP contribution >= 0.6 is 0 Å². The maximum Gasteiger partial charge on any atom is 0.258 e. The van der Waals surface area contributed by atoms with Crippen molar-refractivity contribution in [2.75, 3.05) is 6.54 Å². The lowest BCUT2D eigenvalue weighted by molar-refractivity contribution is 0.282. The van der Waals surface area contributed by atoms with Gasteiger partial charge in [0.1, 0.15) is 0 Å². The summed E-state index contributed by atoms with van der Waals surface area (Å²) in [6.45, 7) is 7.07. The van der Waals surface area contributed by atoms with Crippen LogP contribution in [0.5, 0.6) is 0 Å². The van der Waals surface area contributed by atoms with Crippen LogP contribution in [-0.4, -0.2) is 31.2 Å². The molecular formula is C25H27N5O. The predicted octanol–water partition coefficient (Wildman–Crippen LogP) is 4.09. The number of hydrogen-bond donors (Lipinski definition) is 1. The van der Waals surface area contributed by atoms with Crippen LogP contribution in [0, 0.1) is 20.8 Å². The zero-order valence-electron chi connectivity index (χ0n) is 18.3. The van der Waals surface area contributed by atoms with Gasteiger partial charge in [0.15, 0.2) is 5.65 Å². The molecule has 0 bridgehead atoms. The second kappa shape index (κ2) is 6.50. The fourth-order valence-electron chi connectivity index (χ4n) is 5.32. The van der Waals surface area contributed by atoms with Gasteiger partial charge in [-0.25, -0.2) is 9.50 Å². The molecule has 6 heteroatoms. The molecule has 6 nitrogen and oxygen atoms in total. The second-order valence-electron chi connectivity index (χ2n) is 9.50. The number of nitrogens with zero attached hydrogens (tertiary/aromatic N) is 4. The summed E-state index contributed by atoms with van der Waals surface area (Å²) < 4.78 is 3.83. The Hall–Kier alpha value is -2.99. The molecule has 1 aliphatic heterocycles. The van der Waals surface area contributed by atoms with Crippen molar-refractivity contribution in [2.45, 2.75) is 58.0 Å². The minimum absolute atomic E-state index is 0.133. The quantitative estimate of drug-likeness (QED) is 0.538. The van der Waals surface area contributed by atoms with Crippen molar-refractivity contribution in [1.82, 2.24) is 24.5 Å². The van der Waals surface area contributed by atoms with E-state index in [1.165, 1.54) is 12.8 Å². The van der Waals surface area contributed by atoms with E-state index in [4.69, 9.17) is 5.10 Å². The Kier molecular flexibility index (Phi) is 3.93. The first-order valence-electron chi connectivity index (χ1n) is 11.2. The molecule has 1 saturated carbocycles. The van der Waals surface area contributed by atoms with Gasteiger partial charge in [-0.15, -0.1) is 0 Å². The molecule has 158 valence electrons. The maximum absolute atomic E-state index is 13.5. The molecule has 1 N–H and O–H groups in total. The summed E-state index contributed by atoms with van der Waals surface area (Å²) in [4.78, 5) is 18.0. The number of pyridine rings is 1. The Labute approximate surface area is 180 Å². The van der Waals surface area contributed by atoms with E-state index >= 15 is 0 Å². The third kappa shape index (κ3) is 3.00. The highest BCUT2D eigenvalue weighted by Gasteiger charge is 2.46. The second-order valence-corrected chi connectivity index (χ2v) is 9.50. The topological polar surface area (TPSA) is 64.2 Å². The van der Waals surface area contributed by atoms with Crippen molar-refractivity contribution in [1.29, 1.82) is 0 Å². The fraction of sp³-hybridized carbons (Fsp3) is 0.400. The van der Waals surface area contributed by atoms with Gasteiger partial charge in [0, 0.05) is 23.3 Å². The highest BCUT2D eigenvalue weighted by Crippen LogP contribution is 2.45. The normalized spacial score (nSPS) is 20.0. The average molecular weight is 414 g/mol. The van der Waals surface area contributed by atoms with Crippen LogP contribution in [-0.2, 0) is 0 Å². The molecule has 0 radical (unpaired) electrons. The third-order valence-corrected chi connectivity index (χ3v) is 7.11. The average Bonchev–Trinajstić information content (AvgIpc) is 3.35. The van der Waals surface area contributed by atoms with Gasteiger partial charge in [0.25, 0.3) is 5.56 Å². The summed E-state index contributed by atoms with van der Waals surface area (Å²) >= 11 is 0. The number of fused-ring (bicyclic) bond motifs is 2. The number of hydrogen-bond acceptors (Lipinski definition) is 4. The molecule has 1 atom stereocenters. The standard InChI is InChI=1S/C25H27N5O/c1-15-10-19(21-11-16(2)23-27-17(3)14-30(23)28-21)12-18-5-9-29(24(31)22(15)18)20-4-8-26-25(13-20)6-7-25/h5,9-12,14,20,26H,4,6-8,13H2,1-3H3/t20-/m1/s1. The summed E-state index contributed by atoms with van der Waals surface area (Å²) in [6.07, 6.45) is 8.49. The van der Waals surface area contributed by atoms with Gasteiger partial charge in [-0.05, 0) is 93.8 Å². The molecule has 31 heavy (non-hydrogen) atoms. The molecule has 6 rings (SSSR count). The van der Waals surface area contributed by atoms with Gasteiger partial charge in [-0.3, -0.25) is 4.79 Å². The van der Waals surface area contributed by atoms with Crippen LogP contribution in [0.1, 0.15) is 48.5 Å². The number of nitrogens with one attached hydrogen (secondary N) is 1. The van der Waals surface area contributed by atoms with Crippen LogP contribution in [0.2, 0.25) is 0 Å². The van der Waals surface area contributed by atoms with Crippen molar-refractivity contribution < 1.29 is 0 Å². The summed E-state index contributed by atoms with van der Waals surface area (Å²) in [7, 11) is 0. The zero-order valence-corrected chi connectivity index (χ0v) is 18.3. The van der Waals surface area contributed by atoms with Crippen LogP contribution in [0.15, 0.2) is 41.5 Å². The van der Waals surface area contributed by atoms with E-state index in [-0.39, 0.29) is 11.6 Å². The number of piperidine rings is 1. The highest BCUT2D eigenvalue weighted by atomic mass is 16.1. The van der Waals surface area contributed by atoms with Gasteiger partial charge in [0.05, 0.1) is 23.0 Å². The molecule has 1 spiro atoms. The van der Waals surface area contributed by atoms with Gasteiger partial charge in [-0.1, -0.05) is 0 Å². The van der Waals surface area contributed by atoms with Gasteiger partial charge in [-0.2, -0.15) is 5.10 Å². The molecule has 0 amide bonds. The van der Waals surface area contributed by atoms with E-state index in [1.807, 2.05) is 35.3 Å². The first-order chi connectivity index (χ1) is 14.9. The molecule has 1 aromatic carbocycles. The molecule has 4 heterocycles. The van der Waals surface area contributed by atoms with Crippen LogP contribution in [0.25, 0.3) is 27.7 Å². The first-order valence-corrected chi connectivity index (χ1v) is 11.2. The summed E-state index contributed by atoms with van der Waals surface area (Å²) in [5.74, 6) is 0. The minimum Gasteiger partial charge on any atom is -0.312 e. The van der Waals surface area contributed by atoms with E-state index in [0.717, 1.165) is 63.9 Å². The Bertz CT molecular complexity index is 1410. The van der Waals surface area contributed by atoms with E-state index in [9.17, 15) is 4.79 Å². The minimum atomic E-state index is 0.133. The molecular weight excluding hydrogens is 386 g/mol. The maximum atomic E-state index is 13.5. The Morgan fingerprint density at radius 3 is 2.77 bits per heavy atom. The Morgan fingerprint density at radius 2 is 1.97 bits per heavy atom. The van der Waals surface area contributed by atoms with E-state index < -0.39 is 0 Å². The van der Waals surface area contributed by atoms with Crippen LogP contribution in [0.4, 0.5) is 0 Å². The lowest BCUT2D eigenvalue weighted by Gasteiger charge is -2.32. The number of aryl methyl sites for hydroxylation is 3. The van der Waals surface area contributed by atoms with Crippen LogP contribution in [0.3, 0.4) is 0 Å². The lowest BCUT2D eigenvalue weighted by atomic mass is 9.96. The third-order valence-electron chi connectivity index (χ3n) is 7.11. The van der Waals surface area contributed by atoms with Crippen molar-refractivity contribution in [2.24, 2.45) is 0 Å². The van der Waals surface area contributed by atoms with E-state index in [2.05, 4.69) is 41.5 Å². The van der Waals surface area contributed by atoms with Gasteiger partial charge in [0.2, 0.25) is 0 Å². The van der Waals surface area contributed by atoms with E-state index in [0.29, 0.717) is 5.54 Å². The van der Waals surface area contributed by atoms with Crippen molar-refractivity contribution in [3.05, 3.63) is 63.8 Å². The largest absolute Gasteiger partial charge is 0.312 e. The van der Waals surface area contributed by atoms with Crippen molar-refractivity contribution >= 4 is 16.4 Å². The Balaban J connectivity index is 1.45. The van der Waals surface area contributed by atoms with Crippen molar-refractivity contribution in [3.8, 4) is 11.3 Å². The molecule has 1 saturated heterocycles. The van der Waals surface area contributed by atoms with Crippen LogP contribution < -0.4 is 10.9 Å². The summed E-state index contributed by atoms with van der Waals surface area (Å²) in [5, 5.41) is 10.2. The Morgan fingerprint density at radius 1 is 1.13 bits per heavy atom. The number of rotatable bonds is 2. The zero-order chi connectivity index (χ0) is 21.3. The molecule has 2 fully saturated rings. The summed E-state index contributed by atoms with van der Waals surface area (Å²) in [6, 6.07) is 8.65. The smallest absolute Gasteiger partial charge is 0.258 e. The molecule has 2 aliphatic rings. The molecule has 0 unspecified atom stereocenters. The highest BCUT2D eigenvalue weighted by molar-refractivity contribution is 5.89. The predicted molar refractivity (Wildman–Crippen MR) is 123 cm³/mol. The number of imidazole rings is 1. The summed E-state index contributed by atoms with van der Waals surface area (Å²) in [5.41, 5.74) is 6.28. The number of benzene rings is 1. The monoisotopic (exact) mass is 413 g/mol. The SMILES string of the molecule is Cc1cn2nc(-c3cc(C)c4c(=O)n([C@@H]5CCNC6(CC6)C5)ccc4c3)cc(C)c2n1. The van der Waals surface area contributed by atoms with Gasteiger partial charge >= 0.3 is 0 Å².